The maximum Gasteiger partial charge on any atom is 0.229 e. The topological polar surface area (TPSA) is 72.4 Å². The summed E-state index contributed by atoms with van der Waals surface area (Å²) in [6, 6.07) is 5.78. The quantitative estimate of drug-likeness (QED) is 0.412. The van der Waals surface area contributed by atoms with E-state index in [0.29, 0.717) is 24.3 Å². The van der Waals surface area contributed by atoms with Crippen molar-refractivity contribution in [1.29, 1.82) is 0 Å². The summed E-state index contributed by atoms with van der Waals surface area (Å²) in [6.07, 6.45) is 8.97. The van der Waals surface area contributed by atoms with Crippen LogP contribution in [0.15, 0.2) is 24.5 Å². The summed E-state index contributed by atoms with van der Waals surface area (Å²) < 4.78 is 7.42. The van der Waals surface area contributed by atoms with E-state index in [1.807, 2.05) is 25.1 Å². The van der Waals surface area contributed by atoms with E-state index in [9.17, 15) is 9.59 Å². The number of piperidine rings is 1. The second kappa shape index (κ2) is 9.39. The molecule has 0 N–H and O–H groups in total. The molecule has 0 bridgehead atoms. The zero-order valence-electron chi connectivity index (χ0n) is 18.6. The maximum absolute atomic E-state index is 12.3. The lowest BCUT2D eigenvalue weighted by Crippen LogP contribution is -2.39. The monoisotopic (exact) mass is 483 g/mol. The highest BCUT2D eigenvalue weighted by atomic mass is 35.5. The van der Waals surface area contributed by atoms with Crippen LogP contribution in [0.3, 0.4) is 0 Å². The number of aromatic nitrogens is 2. The molecule has 172 valence electrons. The molecule has 1 aliphatic heterocycles. The van der Waals surface area contributed by atoms with E-state index in [2.05, 4.69) is 9.97 Å². The van der Waals surface area contributed by atoms with Gasteiger partial charge in [0.1, 0.15) is 12.1 Å². The number of thiophene rings is 1. The van der Waals surface area contributed by atoms with Crippen molar-refractivity contribution >= 4 is 45.0 Å². The lowest BCUT2D eigenvalue weighted by Gasteiger charge is -2.25. The molecule has 8 heteroatoms. The number of rotatable bonds is 5. The van der Waals surface area contributed by atoms with E-state index in [1.165, 1.54) is 35.5 Å². The number of likely N-dealkylation sites (tertiary alicyclic amines) is 1. The molecule has 3 heterocycles. The summed E-state index contributed by atoms with van der Waals surface area (Å²) in [6.45, 7) is 2.29. The van der Waals surface area contributed by atoms with Crippen LogP contribution in [0.25, 0.3) is 21.5 Å². The minimum Gasteiger partial charge on any atom is -0.489 e. The maximum atomic E-state index is 12.3. The Morgan fingerprint density at radius 3 is 2.58 bits per heavy atom. The molecule has 1 saturated heterocycles. The Morgan fingerprint density at radius 1 is 1.06 bits per heavy atom. The SMILES string of the molecule is Cc1cc(Cl)cc(-c2ncnc3cc(CN4C(=O)CCCC4=O)sc23)c1OC1CCCCC1. The lowest BCUT2D eigenvalue weighted by atomic mass is 9.97. The molecular formula is C25H26ClN3O3S. The number of hydrogen-bond donors (Lipinski definition) is 0. The smallest absolute Gasteiger partial charge is 0.229 e. The Morgan fingerprint density at radius 2 is 1.82 bits per heavy atom. The number of carbonyl (C=O) groups is 2. The van der Waals surface area contributed by atoms with Gasteiger partial charge in [0.2, 0.25) is 11.8 Å². The molecule has 5 rings (SSSR count). The summed E-state index contributed by atoms with van der Waals surface area (Å²) in [5, 5.41) is 0.631. The molecule has 2 amide bonds. The van der Waals surface area contributed by atoms with Gasteiger partial charge in [-0.1, -0.05) is 18.0 Å². The van der Waals surface area contributed by atoms with Crippen LogP contribution in [0, 0.1) is 6.92 Å². The van der Waals surface area contributed by atoms with Gasteiger partial charge in [-0.25, -0.2) is 9.97 Å². The Bertz CT molecular complexity index is 1200. The first kappa shape index (κ1) is 22.3. The fraction of sp³-hybridized carbons (Fsp3) is 0.440. The molecule has 0 unspecified atom stereocenters. The lowest BCUT2D eigenvalue weighted by molar-refractivity contribution is -0.148. The Labute approximate surface area is 201 Å². The van der Waals surface area contributed by atoms with E-state index in [0.717, 1.165) is 50.5 Å². The molecule has 6 nitrogen and oxygen atoms in total. The number of benzene rings is 1. The number of imide groups is 1. The van der Waals surface area contributed by atoms with Crippen LogP contribution in [-0.4, -0.2) is 32.8 Å². The average Bonchev–Trinajstić information content (AvgIpc) is 3.22. The van der Waals surface area contributed by atoms with Crippen molar-refractivity contribution in [3.63, 3.8) is 0 Å². The number of carbonyl (C=O) groups excluding carboxylic acids is 2. The standard InChI is InChI=1S/C25H26ClN3O3S/c1-15-10-16(26)11-19(24(15)32-17-6-3-2-4-7-17)23-25-20(27-14-28-23)12-18(33-25)13-29-21(30)8-5-9-22(29)31/h10-12,14,17H,2-9,13H2,1H3. The Kier molecular flexibility index (Phi) is 6.34. The van der Waals surface area contributed by atoms with Crippen LogP contribution in [0.2, 0.25) is 5.02 Å². The van der Waals surface area contributed by atoms with Gasteiger partial charge in [-0.3, -0.25) is 14.5 Å². The second-order valence-electron chi connectivity index (χ2n) is 8.85. The third kappa shape index (κ3) is 4.62. The first-order valence-electron chi connectivity index (χ1n) is 11.5. The van der Waals surface area contributed by atoms with Crippen LogP contribution in [-0.2, 0) is 16.1 Å². The van der Waals surface area contributed by atoms with Crippen LogP contribution in [0.5, 0.6) is 5.75 Å². The van der Waals surface area contributed by atoms with Gasteiger partial charge in [-0.15, -0.1) is 11.3 Å². The highest BCUT2D eigenvalue weighted by Crippen LogP contribution is 2.41. The average molecular weight is 484 g/mol. The molecule has 0 radical (unpaired) electrons. The Hall–Kier alpha value is -2.51. The van der Waals surface area contributed by atoms with E-state index >= 15 is 0 Å². The molecule has 0 spiro atoms. The molecular weight excluding hydrogens is 458 g/mol. The van der Waals surface area contributed by atoms with E-state index in [1.54, 1.807) is 6.33 Å². The molecule has 1 aromatic carbocycles. The van der Waals surface area contributed by atoms with Crippen LogP contribution >= 0.6 is 22.9 Å². The van der Waals surface area contributed by atoms with E-state index < -0.39 is 0 Å². The first-order valence-corrected chi connectivity index (χ1v) is 12.7. The fourth-order valence-corrected chi connectivity index (χ4v) is 6.09. The number of nitrogens with zero attached hydrogens (tertiary/aromatic N) is 3. The van der Waals surface area contributed by atoms with Crippen LogP contribution in [0.4, 0.5) is 0 Å². The van der Waals surface area contributed by atoms with Crippen molar-refractivity contribution in [3.8, 4) is 17.0 Å². The third-order valence-corrected chi connectivity index (χ3v) is 7.72. The summed E-state index contributed by atoms with van der Waals surface area (Å²) in [7, 11) is 0. The third-order valence-electron chi connectivity index (χ3n) is 6.39. The van der Waals surface area contributed by atoms with Crippen molar-refractivity contribution < 1.29 is 14.3 Å². The number of hydrogen-bond acceptors (Lipinski definition) is 6. The molecule has 1 aliphatic carbocycles. The van der Waals surface area contributed by atoms with Gasteiger partial charge in [0.25, 0.3) is 0 Å². The molecule has 33 heavy (non-hydrogen) atoms. The highest BCUT2D eigenvalue weighted by Gasteiger charge is 2.27. The van der Waals surface area contributed by atoms with Gasteiger partial charge in [0, 0.05) is 28.3 Å². The normalized spacial score (nSPS) is 17.7. The van der Waals surface area contributed by atoms with Gasteiger partial charge < -0.3 is 4.74 Å². The zero-order chi connectivity index (χ0) is 22.9. The van der Waals surface area contributed by atoms with Gasteiger partial charge in [-0.05, 0) is 62.8 Å². The highest BCUT2D eigenvalue weighted by molar-refractivity contribution is 7.19. The number of amides is 2. The first-order chi connectivity index (χ1) is 16.0. The molecule has 0 atom stereocenters. The van der Waals surface area contributed by atoms with E-state index in [-0.39, 0.29) is 24.5 Å². The number of halogens is 1. The van der Waals surface area contributed by atoms with Gasteiger partial charge >= 0.3 is 0 Å². The van der Waals surface area contributed by atoms with Crippen molar-refractivity contribution in [1.82, 2.24) is 14.9 Å². The van der Waals surface area contributed by atoms with Crippen molar-refractivity contribution in [2.24, 2.45) is 0 Å². The van der Waals surface area contributed by atoms with Crippen LogP contribution < -0.4 is 4.74 Å². The summed E-state index contributed by atoms with van der Waals surface area (Å²) in [4.78, 5) is 35.9. The van der Waals surface area contributed by atoms with Gasteiger partial charge in [0.15, 0.2) is 0 Å². The molecule has 3 aromatic rings. The molecule has 2 aliphatic rings. The minimum atomic E-state index is -0.108. The van der Waals surface area contributed by atoms with Gasteiger partial charge in [0.05, 0.1) is 28.6 Å². The predicted molar refractivity (Wildman–Crippen MR) is 130 cm³/mol. The van der Waals surface area contributed by atoms with Gasteiger partial charge in [-0.2, -0.15) is 0 Å². The summed E-state index contributed by atoms with van der Waals surface area (Å²) in [5.74, 6) is 0.606. The van der Waals surface area contributed by atoms with Crippen molar-refractivity contribution in [2.75, 3.05) is 0 Å². The minimum absolute atomic E-state index is 0.108. The molecule has 2 fully saturated rings. The molecule has 2 aromatic heterocycles. The number of ether oxygens (including phenoxy) is 1. The predicted octanol–water partition coefficient (Wildman–Crippen LogP) is 6.07. The number of aryl methyl sites for hydroxylation is 1. The number of fused-ring (bicyclic) bond motifs is 1. The fourth-order valence-electron chi connectivity index (χ4n) is 4.72. The zero-order valence-corrected chi connectivity index (χ0v) is 20.2. The van der Waals surface area contributed by atoms with Crippen molar-refractivity contribution in [3.05, 3.63) is 40.0 Å². The van der Waals surface area contributed by atoms with E-state index in [4.69, 9.17) is 16.3 Å². The summed E-state index contributed by atoms with van der Waals surface area (Å²) >= 11 is 7.97. The molecule has 1 saturated carbocycles. The summed E-state index contributed by atoms with van der Waals surface area (Å²) in [5.41, 5.74) is 3.40. The largest absolute Gasteiger partial charge is 0.489 e. The van der Waals surface area contributed by atoms with Crippen LogP contribution in [0.1, 0.15) is 61.8 Å². The second-order valence-corrected chi connectivity index (χ2v) is 10.4. The van der Waals surface area contributed by atoms with Crippen molar-refractivity contribution in [2.45, 2.75) is 70.9 Å². The Balaban J connectivity index is 1.53.